The van der Waals surface area contributed by atoms with E-state index in [0.717, 1.165) is 32.5 Å². The first-order valence-corrected chi connectivity index (χ1v) is 9.18. The average Bonchev–Trinajstić information content (AvgIpc) is 2.29. The van der Waals surface area contributed by atoms with Crippen molar-refractivity contribution in [2.24, 2.45) is 5.73 Å². The van der Waals surface area contributed by atoms with E-state index in [1.165, 1.54) is 44.9 Å². The number of unbranched alkanes of at least 4 members (excludes halogenated alkanes) is 9. The zero-order chi connectivity index (χ0) is 13.7. The molecule has 1 unspecified atom stereocenters. The van der Waals surface area contributed by atoms with Gasteiger partial charge in [-0.05, 0) is 19.4 Å². The maximum Gasteiger partial charge on any atom is 0.131 e. The van der Waals surface area contributed by atoms with E-state index in [1.54, 1.807) is 0 Å². The lowest BCUT2D eigenvalue weighted by Crippen LogP contribution is -2.03. The van der Waals surface area contributed by atoms with Crippen molar-refractivity contribution in [1.82, 2.24) is 0 Å². The summed E-state index contributed by atoms with van der Waals surface area (Å²) in [5.41, 5.74) is 5.43. The van der Waals surface area contributed by atoms with Gasteiger partial charge in [-0.25, -0.2) is 0 Å². The van der Waals surface area contributed by atoms with Gasteiger partial charge in [0.15, 0.2) is 0 Å². The second-order valence-corrected chi connectivity index (χ2v) is 6.73. The summed E-state index contributed by atoms with van der Waals surface area (Å²) in [6.45, 7) is 2.28. The molecule has 0 saturated heterocycles. The SMILES string of the molecule is CP(=O)([O-])OCCCCCCCCCCCCN. The van der Waals surface area contributed by atoms with Crippen LogP contribution >= 0.6 is 7.60 Å². The Morgan fingerprint density at radius 1 is 0.889 bits per heavy atom. The highest BCUT2D eigenvalue weighted by Crippen LogP contribution is 2.31. The number of hydrogen-bond donors (Lipinski definition) is 1. The molecule has 0 amide bonds. The molecule has 0 aliphatic carbocycles. The summed E-state index contributed by atoms with van der Waals surface area (Å²) < 4.78 is 15.4. The molecule has 5 heteroatoms. The van der Waals surface area contributed by atoms with Gasteiger partial charge >= 0.3 is 0 Å². The quantitative estimate of drug-likeness (QED) is 0.415. The second-order valence-electron chi connectivity index (χ2n) is 4.93. The van der Waals surface area contributed by atoms with E-state index in [1.807, 2.05) is 0 Å². The van der Waals surface area contributed by atoms with Crippen molar-refractivity contribution in [1.29, 1.82) is 0 Å². The molecule has 18 heavy (non-hydrogen) atoms. The van der Waals surface area contributed by atoms with Crippen LogP contribution in [-0.4, -0.2) is 19.8 Å². The molecule has 0 saturated carbocycles. The van der Waals surface area contributed by atoms with E-state index in [0.29, 0.717) is 6.61 Å². The fourth-order valence-electron chi connectivity index (χ4n) is 1.89. The van der Waals surface area contributed by atoms with Crippen LogP contribution in [0.25, 0.3) is 0 Å². The molecule has 0 heterocycles. The van der Waals surface area contributed by atoms with Crippen molar-refractivity contribution in [3.63, 3.8) is 0 Å². The Morgan fingerprint density at radius 2 is 1.28 bits per heavy atom. The van der Waals surface area contributed by atoms with Gasteiger partial charge in [-0.15, -0.1) is 0 Å². The molecule has 0 spiro atoms. The summed E-state index contributed by atoms with van der Waals surface area (Å²) in [5.74, 6) is 0. The molecule has 0 rings (SSSR count). The highest BCUT2D eigenvalue weighted by molar-refractivity contribution is 7.50. The molecule has 110 valence electrons. The molecule has 0 bridgehead atoms. The van der Waals surface area contributed by atoms with Gasteiger partial charge in [-0.1, -0.05) is 51.4 Å². The van der Waals surface area contributed by atoms with Crippen molar-refractivity contribution in [2.75, 3.05) is 19.8 Å². The number of hydrogen-bond acceptors (Lipinski definition) is 4. The summed E-state index contributed by atoms with van der Waals surface area (Å²) in [6, 6.07) is 0. The fourth-order valence-corrected chi connectivity index (χ4v) is 2.35. The van der Waals surface area contributed by atoms with Gasteiger partial charge in [0.25, 0.3) is 0 Å². The fraction of sp³-hybridized carbons (Fsp3) is 1.00. The molecule has 0 fully saturated rings. The van der Waals surface area contributed by atoms with E-state index in [2.05, 4.69) is 0 Å². The second kappa shape index (κ2) is 12.2. The van der Waals surface area contributed by atoms with Gasteiger partial charge < -0.3 is 19.7 Å². The Hall–Kier alpha value is 0.110. The lowest BCUT2D eigenvalue weighted by Gasteiger charge is -2.17. The van der Waals surface area contributed by atoms with Crippen molar-refractivity contribution in [3.05, 3.63) is 0 Å². The van der Waals surface area contributed by atoms with Gasteiger partial charge in [0, 0.05) is 6.66 Å². The summed E-state index contributed by atoms with van der Waals surface area (Å²) in [6.07, 6.45) is 12.0. The molecule has 0 aliphatic heterocycles. The minimum atomic E-state index is -3.50. The molecule has 0 aromatic heterocycles. The van der Waals surface area contributed by atoms with E-state index in [-0.39, 0.29) is 0 Å². The van der Waals surface area contributed by atoms with Gasteiger partial charge in [0.2, 0.25) is 0 Å². The minimum Gasteiger partial charge on any atom is -0.779 e. The molecule has 0 aliphatic rings. The highest BCUT2D eigenvalue weighted by Gasteiger charge is 1.98. The Balaban J connectivity index is 3.01. The smallest absolute Gasteiger partial charge is 0.131 e. The molecule has 0 aromatic rings. The predicted octanol–water partition coefficient (Wildman–Crippen LogP) is 3.05. The third-order valence-electron chi connectivity index (χ3n) is 2.92. The monoisotopic (exact) mass is 278 g/mol. The standard InChI is InChI=1S/C13H30NO3P/c1-18(15,16)17-13-11-9-7-5-3-2-4-6-8-10-12-14/h2-14H2,1H3,(H,15,16)/p-1. The van der Waals surface area contributed by atoms with Crippen LogP contribution in [-0.2, 0) is 9.09 Å². The maximum absolute atomic E-state index is 10.7. The lowest BCUT2D eigenvalue weighted by atomic mass is 10.1. The molecule has 2 N–H and O–H groups in total. The third-order valence-corrected chi connectivity index (χ3v) is 3.58. The Morgan fingerprint density at radius 3 is 1.67 bits per heavy atom. The van der Waals surface area contributed by atoms with Gasteiger partial charge in [0.1, 0.15) is 7.60 Å². The van der Waals surface area contributed by atoms with Crippen molar-refractivity contribution in [3.8, 4) is 0 Å². The molecular weight excluding hydrogens is 249 g/mol. The zero-order valence-corrected chi connectivity index (χ0v) is 12.6. The van der Waals surface area contributed by atoms with E-state index in [4.69, 9.17) is 10.3 Å². The molecular formula is C13H29NO3P-. The van der Waals surface area contributed by atoms with Gasteiger partial charge in [-0.2, -0.15) is 0 Å². The van der Waals surface area contributed by atoms with Crippen LogP contribution in [0.15, 0.2) is 0 Å². The van der Waals surface area contributed by atoms with E-state index >= 15 is 0 Å². The number of nitrogens with two attached hydrogens (primary N) is 1. The molecule has 4 nitrogen and oxygen atoms in total. The lowest BCUT2D eigenvalue weighted by molar-refractivity contribution is -0.196. The van der Waals surface area contributed by atoms with E-state index in [9.17, 15) is 9.46 Å². The zero-order valence-electron chi connectivity index (χ0n) is 11.7. The van der Waals surface area contributed by atoms with Crippen LogP contribution in [0.1, 0.15) is 64.2 Å². The maximum atomic E-state index is 10.7. The summed E-state index contributed by atoms with van der Waals surface area (Å²) >= 11 is 0. The van der Waals surface area contributed by atoms with Gasteiger partial charge in [-0.3, -0.25) is 0 Å². The Labute approximate surface area is 112 Å². The van der Waals surface area contributed by atoms with Gasteiger partial charge in [0.05, 0.1) is 6.61 Å². The van der Waals surface area contributed by atoms with Crippen LogP contribution in [0.5, 0.6) is 0 Å². The van der Waals surface area contributed by atoms with Crippen molar-refractivity contribution >= 4 is 7.60 Å². The topological polar surface area (TPSA) is 75.4 Å². The summed E-state index contributed by atoms with van der Waals surface area (Å²) in [4.78, 5) is 10.7. The Bertz CT molecular complexity index is 218. The minimum absolute atomic E-state index is 0.344. The normalized spacial score (nSPS) is 14.6. The largest absolute Gasteiger partial charge is 0.779 e. The third kappa shape index (κ3) is 16.1. The predicted molar refractivity (Wildman–Crippen MR) is 74.7 cm³/mol. The van der Waals surface area contributed by atoms with Crippen LogP contribution in [0.4, 0.5) is 0 Å². The van der Waals surface area contributed by atoms with Crippen LogP contribution in [0.2, 0.25) is 0 Å². The summed E-state index contributed by atoms with van der Waals surface area (Å²) in [5, 5.41) is 0. The van der Waals surface area contributed by atoms with Crippen LogP contribution in [0.3, 0.4) is 0 Å². The Kier molecular flexibility index (Phi) is 12.2. The van der Waals surface area contributed by atoms with Crippen LogP contribution < -0.4 is 10.6 Å². The first-order chi connectivity index (χ1) is 8.56. The number of rotatable bonds is 13. The first kappa shape index (κ1) is 18.1. The van der Waals surface area contributed by atoms with Crippen molar-refractivity contribution < 1.29 is 14.0 Å². The van der Waals surface area contributed by atoms with Crippen molar-refractivity contribution in [2.45, 2.75) is 64.2 Å². The summed E-state index contributed by atoms with van der Waals surface area (Å²) in [7, 11) is -3.50. The van der Waals surface area contributed by atoms with Crippen LogP contribution in [0, 0.1) is 0 Å². The first-order valence-electron chi connectivity index (χ1n) is 7.19. The van der Waals surface area contributed by atoms with E-state index < -0.39 is 7.60 Å². The molecule has 1 atom stereocenters. The highest BCUT2D eigenvalue weighted by atomic mass is 31.2. The molecule has 0 radical (unpaired) electrons. The molecule has 0 aromatic carbocycles. The average molecular weight is 278 g/mol.